The third-order valence-corrected chi connectivity index (χ3v) is 3.33. The number of amides is 1. The molecule has 0 aliphatic heterocycles. The number of anilines is 1. The van der Waals surface area contributed by atoms with Gasteiger partial charge < -0.3 is 11.1 Å². The Kier molecular flexibility index (Phi) is 3.15. The number of hydrogen-bond donors (Lipinski definition) is 2. The summed E-state index contributed by atoms with van der Waals surface area (Å²) >= 11 is 0. The molecule has 3 N–H and O–H groups in total. The monoisotopic (exact) mass is 273 g/mol. The lowest BCUT2D eigenvalue weighted by molar-refractivity contribution is -0.141. The zero-order valence-electron chi connectivity index (χ0n) is 10.3. The van der Waals surface area contributed by atoms with Crippen molar-refractivity contribution in [3.05, 3.63) is 23.4 Å². The lowest BCUT2D eigenvalue weighted by atomic mass is 9.78. The van der Waals surface area contributed by atoms with Gasteiger partial charge in [-0.05, 0) is 38.3 Å². The number of carbonyl (C=O) groups is 1. The number of nitrogens with two attached hydrogens (primary N) is 1. The maximum absolute atomic E-state index is 12.6. The van der Waals surface area contributed by atoms with Crippen molar-refractivity contribution < 1.29 is 18.0 Å². The Balaban J connectivity index is 2.39. The molecule has 1 aliphatic rings. The van der Waals surface area contributed by atoms with Crippen molar-refractivity contribution in [3.63, 3.8) is 0 Å². The summed E-state index contributed by atoms with van der Waals surface area (Å²) in [5.41, 5.74) is 3.77. The first kappa shape index (κ1) is 13.6. The highest BCUT2D eigenvalue weighted by Gasteiger charge is 2.36. The summed E-state index contributed by atoms with van der Waals surface area (Å²) in [4.78, 5) is 14.7. The van der Waals surface area contributed by atoms with Crippen molar-refractivity contribution >= 4 is 11.7 Å². The largest absolute Gasteiger partial charge is 0.433 e. The predicted molar refractivity (Wildman–Crippen MR) is 63.6 cm³/mol. The first-order chi connectivity index (χ1) is 8.71. The molecule has 0 atom stereocenters. The number of pyridine rings is 1. The van der Waals surface area contributed by atoms with Gasteiger partial charge in [-0.15, -0.1) is 0 Å². The summed E-state index contributed by atoms with van der Waals surface area (Å²) in [6, 6.07) is 1.82. The van der Waals surface area contributed by atoms with Crippen LogP contribution in [0, 0.1) is 0 Å². The molecule has 4 nitrogen and oxygen atoms in total. The summed E-state index contributed by atoms with van der Waals surface area (Å²) in [7, 11) is 0. The Morgan fingerprint density at radius 2 is 2.05 bits per heavy atom. The van der Waals surface area contributed by atoms with Gasteiger partial charge in [0.2, 0.25) is 0 Å². The third kappa shape index (κ3) is 2.80. The number of rotatable bonds is 3. The van der Waals surface area contributed by atoms with Crippen LogP contribution < -0.4 is 11.1 Å². The molecule has 0 saturated heterocycles. The van der Waals surface area contributed by atoms with Gasteiger partial charge in [0.1, 0.15) is 11.5 Å². The molecule has 1 heterocycles. The van der Waals surface area contributed by atoms with E-state index in [1.54, 1.807) is 0 Å². The van der Waals surface area contributed by atoms with E-state index in [-0.39, 0.29) is 16.9 Å². The molecule has 1 aromatic heterocycles. The number of aromatic nitrogens is 1. The van der Waals surface area contributed by atoms with Crippen molar-refractivity contribution in [1.82, 2.24) is 4.98 Å². The highest BCUT2D eigenvalue weighted by molar-refractivity contribution is 5.97. The molecule has 1 aliphatic carbocycles. The van der Waals surface area contributed by atoms with Crippen LogP contribution in [0.5, 0.6) is 0 Å². The molecule has 104 valence electrons. The Labute approximate surface area is 108 Å². The Hall–Kier alpha value is -1.79. The second kappa shape index (κ2) is 4.40. The van der Waals surface area contributed by atoms with Crippen molar-refractivity contribution in [1.29, 1.82) is 0 Å². The molecular formula is C12H14F3N3O. The van der Waals surface area contributed by atoms with Gasteiger partial charge in [0.15, 0.2) is 0 Å². The zero-order chi connectivity index (χ0) is 14.3. The molecule has 0 aromatic carbocycles. The van der Waals surface area contributed by atoms with E-state index in [2.05, 4.69) is 10.3 Å². The summed E-state index contributed by atoms with van der Waals surface area (Å²) in [6.07, 6.45) is -1.91. The first-order valence-corrected chi connectivity index (χ1v) is 5.87. The van der Waals surface area contributed by atoms with Crippen molar-refractivity contribution in [2.24, 2.45) is 5.73 Å². The highest BCUT2D eigenvalue weighted by atomic mass is 19.4. The maximum atomic E-state index is 12.6. The van der Waals surface area contributed by atoms with E-state index in [0.29, 0.717) is 0 Å². The summed E-state index contributed by atoms with van der Waals surface area (Å²) < 4.78 is 37.9. The van der Waals surface area contributed by atoms with Gasteiger partial charge in [-0.25, -0.2) is 4.98 Å². The normalized spacial score (nSPS) is 17.7. The lowest BCUT2D eigenvalue weighted by Gasteiger charge is -2.40. The smallest absolute Gasteiger partial charge is 0.365 e. The van der Waals surface area contributed by atoms with Crippen LogP contribution in [-0.2, 0) is 6.18 Å². The number of alkyl halides is 3. The van der Waals surface area contributed by atoms with Crippen LogP contribution in [0.15, 0.2) is 12.1 Å². The van der Waals surface area contributed by atoms with E-state index in [1.807, 2.05) is 6.92 Å². The molecule has 7 heteroatoms. The number of halogens is 3. The van der Waals surface area contributed by atoms with Crippen molar-refractivity contribution in [2.75, 3.05) is 5.32 Å². The topological polar surface area (TPSA) is 68.0 Å². The molecule has 0 bridgehead atoms. The molecule has 0 spiro atoms. The lowest BCUT2D eigenvalue weighted by Crippen LogP contribution is -2.42. The third-order valence-electron chi connectivity index (χ3n) is 3.33. The Bertz CT molecular complexity index is 509. The minimum atomic E-state index is -4.55. The van der Waals surface area contributed by atoms with Gasteiger partial charge in [-0.2, -0.15) is 13.2 Å². The number of nitrogens with one attached hydrogen (secondary N) is 1. The van der Waals surface area contributed by atoms with E-state index in [0.717, 1.165) is 31.4 Å². The molecular weight excluding hydrogens is 259 g/mol. The highest BCUT2D eigenvalue weighted by Crippen LogP contribution is 2.36. The van der Waals surface area contributed by atoms with Gasteiger partial charge in [-0.3, -0.25) is 4.79 Å². The van der Waals surface area contributed by atoms with E-state index in [1.165, 1.54) is 0 Å². The summed E-state index contributed by atoms with van der Waals surface area (Å²) in [5, 5.41) is 2.91. The fourth-order valence-electron chi connectivity index (χ4n) is 2.03. The van der Waals surface area contributed by atoms with Gasteiger partial charge in [-0.1, -0.05) is 0 Å². The summed E-state index contributed by atoms with van der Waals surface area (Å²) in [5.74, 6) is -0.892. The minimum Gasteiger partial charge on any atom is -0.365 e. The van der Waals surface area contributed by atoms with Crippen LogP contribution >= 0.6 is 0 Å². The van der Waals surface area contributed by atoms with Crippen LogP contribution in [0.25, 0.3) is 0 Å². The first-order valence-electron chi connectivity index (χ1n) is 5.87. The fraction of sp³-hybridized carbons (Fsp3) is 0.500. The molecule has 1 aromatic rings. The number of primary amides is 1. The maximum Gasteiger partial charge on any atom is 0.433 e. The second-order valence-electron chi connectivity index (χ2n) is 4.99. The average Bonchev–Trinajstić information content (AvgIpc) is 2.25. The minimum absolute atomic E-state index is 0.0267. The van der Waals surface area contributed by atoms with Crippen LogP contribution in [0.1, 0.15) is 42.2 Å². The molecule has 2 rings (SSSR count). The second-order valence-corrected chi connectivity index (χ2v) is 4.99. The molecule has 1 amide bonds. The fourth-order valence-corrected chi connectivity index (χ4v) is 2.03. The number of hydrogen-bond acceptors (Lipinski definition) is 3. The van der Waals surface area contributed by atoms with Crippen LogP contribution in [0.3, 0.4) is 0 Å². The standard InChI is InChI=1S/C12H14F3N3O/c1-11(5-2-6-11)18-10-7(9(16)19)3-4-8(17-10)12(13,14)15/h3-4H,2,5-6H2,1H3,(H2,16,19)(H,17,18). The molecule has 0 unspecified atom stereocenters. The quantitative estimate of drug-likeness (QED) is 0.889. The molecule has 0 radical (unpaired) electrons. The van der Waals surface area contributed by atoms with E-state index >= 15 is 0 Å². The van der Waals surface area contributed by atoms with E-state index < -0.39 is 17.8 Å². The van der Waals surface area contributed by atoms with Crippen LogP contribution in [0.2, 0.25) is 0 Å². The van der Waals surface area contributed by atoms with Crippen LogP contribution in [0.4, 0.5) is 19.0 Å². The molecule has 1 saturated carbocycles. The number of carbonyl (C=O) groups excluding carboxylic acids is 1. The van der Waals surface area contributed by atoms with E-state index in [4.69, 9.17) is 5.73 Å². The van der Waals surface area contributed by atoms with E-state index in [9.17, 15) is 18.0 Å². The number of nitrogens with zero attached hydrogens (tertiary/aromatic N) is 1. The van der Waals surface area contributed by atoms with Gasteiger partial charge >= 0.3 is 6.18 Å². The molecule has 19 heavy (non-hydrogen) atoms. The van der Waals surface area contributed by atoms with Gasteiger partial charge in [0, 0.05) is 5.54 Å². The Morgan fingerprint density at radius 3 is 2.47 bits per heavy atom. The van der Waals surface area contributed by atoms with Crippen molar-refractivity contribution in [2.45, 2.75) is 37.9 Å². The Morgan fingerprint density at radius 1 is 1.42 bits per heavy atom. The van der Waals surface area contributed by atoms with Gasteiger partial charge in [0.05, 0.1) is 5.56 Å². The predicted octanol–water partition coefficient (Wildman–Crippen LogP) is 2.55. The SMILES string of the molecule is CC1(Nc2nc(C(F)(F)F)ccc2C(N)=O)CCC1. The zero-order valence-corrected chi connectivity index (χ0v) is 10.3. The van der Waals surface area contributed by atoms with Crippen LogP contribution in [-0.4, -0.2) is 16.4 Å². The summed E-state index contributed by atoms with van der Waals surface area (Å²) in [6.45, 7) is 1.88. The van der Waals surface area contributed by atoms with Crippen molar-refractivity contribution in [3.8, 4) is 0 Å². The molecule has 1 fully saturated rings. The van der Waals surface area contributed by atoms with Gasteiger partial charge in [0.25, 0.3) is 5.91 Å². The average molecular weight is 273 g/mol.